The van der Waals surface area contributed by atoms with E-state index in [9.17, 15) is 4.79 Å². The van der Waals surface area contributed by atoms with Crippen molar-refractivity contribution in [2.24, 2.45) is 0 Å². The number of aromatic amines is 1. The molecule has 0 aliphatic carbocycles. The molecule has 0 amide bonds. The van der Waals surface area contributed by atoms with Crippen molar-refractivity contribution in [2.45, 2.75) is 19.9 Å². The molecule has 0 saturated carbocycles. The zero-order valence-electron chi connectivity index (χ0n) is 9.90. The number of carbonyl (C=O) groups excluding carboxylic acids is 1. The zero-order valence-corrected chi connectivity index (χ0v) is 10.7. The summed E-state index contributed by atoms with van der Waals surface area (Å²) < 4.78 is 4.90. The van der Waals surface area contributed by atoms with Gasteiger partial charge < -0.3 is 15.0 Å². The fraction of sp³-hybridized carbons (Fsp3) is 0.400. The van der Waals surface area contributed by atoms with Gasteiger partial charge in [0.1, 0.15) is 11.6 Å². The number of imidazole rings is 1. The maximum absolute atomic E-state index is 11.5. The number of H-pyrrole nitrogens is 1. The van der Waals surface area contributed by atoms with Crippen LogP contribution in [0.2, 0.25) is 5.28 Å². The number of carbonyl (C=O) groups is 1. The molecule has 96 valence electrons. The molecule has 7 nitrogen and oxygen atoms in total. The van der Waals surface area contributed by atoms with Crippen LogP contribution in [-0.2, 0) is 9.53 Å². The molecule has 0 aliphatic heterocycles. The number of rotatable bonds is 4. The fourth-order valence-electron chi connectivity index (χ4n) is 1.44. The van der Waals surface area contributed by atoms with Crippen molar-refractivity contribution in [3.63, 3.8) is 0 Å². The van der Waals surface area contributed by atoms with Crippen LogP contribution in [0.5, 0.6) is 0 Å². The summed E-state index contributed by atoms with van der Waals surface area (Å²) in [5.74, 6) is 0.0583. The minimum atomic E-state index is -0.539. The second-order valence-corrected chi connectivity index (χ2v) is 3.90. The Kier molecular flexibility index (Phi) is 3.61. The van der Waals surface area contributed by atoms with Crippen LogP contribution < -0.4 is 5.32 Å². The molecule has 0 aliphatic rings. The van der Waals surface area contributed by atoms with Crippen LogP contribution in [0.15, 0.2) is 6.33 Å². The smallest absolute Gasteiger partial charge is 0.328 e. The number of aromatic nitrogens is 4. The summed E-state index contributed by atoms with van der Waals surface area (Å²) in [6, 6.07) is -0.539. The minimum absolute atomic E-state index is 0.0631. The van der Waals surface area contributed by atoms with Gasteiger partial charge in [0.2, 0.25) is 5.28 Å². The lowest BCUT2D eigenvalue weighted by Gasteiger charge is -2.13. The second kappa shape index (κ2) is 5.18. The SMILES string of the molecule is CCOC(=O)C(C)Nc1nc(Cl)nc2nc[nH]c12. The monoisotopic (exact) mass is 269 g/mol. The van der Waals surface area contributed by atoms with Gasteiger partial charge in [-0.1, -0.05) is 0 Å². The number of ether oxygens (including phenoxy) is 1. The van der Waals surface area contributed by atoms with Gasteiger partial charge >= 0.3 is 5.97 Å². The van der Waals surface area contributed by atoms with Gasteiger partial charge in [0, 0.05) is 0 Å². The first-order chi connectivity index (χ1) is 8.61. The van der Waals surface area contributed by atoms with Gasteiger partial charge in [0.15, 0.2) is 11.5 Å². The first-order valence-corrected chi connectivity index (χ1v) is 5.79. The molecule has 1 atom stereocenters. The van der Waals surface area contributed by atoms with Gasteiger partial charge in [-0.25, -0.2) is 9.78 Å². The van der Waals surface area contributed by atoms with Crippen LogP contribution >= 0.6 is 11.6 Å². The number of halogens is 1. The van der Waals surface area contributed by atoms with E-state index in [1.54, 1.807) is 13.8 Å². The van der Waals surface area contributed by atoms with Crippen LogP contribution in [0.3, 0.4) is 0 Å². The molecule has 1 unspecified atom stereocenters. The Morgan fingerprint density at radius 3 is 3.11 bits per heavy atom. The van der Waals surface area contributed by atoms with E-state index < -0.39 is 6.04 Å². The summed E-state index contributed by atoms with van der Waals surface area (Å²) >= 11 is 5.77. The number of hydrogen-bond acceptors (Lipinski definition) is 6. The Morgan fingerprint density at radius 2 is 2.39 bits per heavy atom. The lowest BCUT2D eigenvalue weighted by Crippen LogP contribution is -2.28. The molecule has 2 heterocycles. The van der Waals surface area contributed by atoms with Crippen LogP contribution in [0.4, 0.5) is 5.82 Å². The highest BCUT2D eigenvalue weighted by Gasteiger charge is 2.17. The highest BCUT2D eigenvalue weighted by atomic mass is 35.5. The number of nitrogens with one attached hydrogen (secondary N) is 2. The largest absolute Gasteiger partial charge is 0.464 e. The van der Waals surface area contributed by atoms with Crippen molar-refractivity contribution in [3.8, 4) is 0 Å². The van der Waals surface area contributed by atoms with Crippen molar-refractivity contribution in [1.29, 1.82) is 0 Å². The Labute approximate surface area is 108 Å². The van der Waals surface area contributed by atoms with E-state index in [1.165, 1.54) is 6.33 Å². The number of hydrogen-bond donors (Lipinski definition) is 2. The molecule has 0 aromatic carbocycles. The predicted octanol–water partition coefficient (Wildman–Crippen LogP) is 1.37. The van der Waals surface area contributed by atoms with Crippen LogP contribution in [0.25, 0.3) is 11.2 Å². The van der Waals surface area contributed by atoms with Gasteiger partial charge in [-0.15, -0.1) is 0 Å². The number of anilines is 1. The van der Waals surface area contributed by atoms with Crippen LogP contribution in [-0.4, -0.2) is 38.6 Å². The molecule has 0 fully saturated rings. The fourth-order valence-corrected chi connectivity index (χ4v) is 1.61. The van der Waals surface area contributed by atoms with Crippen LogP contribution in [0.1, 0.15) is 13.8 Å². The lowest BCUT2D eigenvalue weighted by molar-refractivity contribution is -0.143. The maximum atomic E-state index is 11.5. The zero-order chi connectivity index (χ0) is 13.1. The second-order valence-electron chi connectivity index (χ2n) is 3.56. The Bertz CT molecular complexity index is 570. The number of esters is 1. The van der Waals surface area contributed by atoms with Gasteiger partial charge in [0.05, 0.1) is 12.9 Å². The molecular formula is C10H12ClN5O2. The van der Waals surface area contributed by atoms with E-state index in [-0.39, 0.29) is 11.3 Å². The van der Waals surface area contributed by atoms with Gasteiger partial charge in [-0.3, -0.25) is 0 Å². The highest BCUT2D eigenvalue weighted by molar-refractivity contribution is 6.28. The third kappa shape index (κ3) is 2.51. The van der Waals surface area contributed by atoms with Crippen molar-refractivity contribution >= 4 is 34.6 Å². The molecular weight excluding hydrogens is 258 g/mol. The topological polar surface area (TPSA) is 92.8 Å². The molecule has 0 saturated heterocycles. The Morgan fingerprint density at radius 1 is 1.61 bits per heavy atom. The highest BCUT2D eigenvalue weighted by Crippen LogP contribution is 2.19. The van der Waals surface area contributed by atoms with E-state index in [4.69, 9.17) is 16.3 Å². The molecule has 0 spiro atoms. The molecule has 18 heavy (non-hydrogen) atoms. The summed E-state index contributed by atoms with van der Waals surface area (Å²) in [5.41, 5.74) is 1.03. The summed E-state index contributed by atoms with van der Waals surface area (Å²) in [6.07, 6.45) is 1.48. The molecule has 0 bridgehead atoms. The Balaban J connectivity index is 2.25. The van der Waals surface area contributed by atoms with Crippen LogP contribution in [0, 0.1) is 0 Å². The van der Waals surface area contributed by atoms with E-state index in [0.29, 0.717) is 23.6 Å². The normalized spacial score (nSPS) is 12.4. The average Bonchev–Trinajstić information content (AvgIpc) is 2.77. The molecule has 2 aromatic heterocycles. The molecule has 2 rings (SSSR count). The van der Waals surface area contributed by atoms with E-state index in [0.717, 1.165) is 0 Å². The quantitative estimate of drug-likeness (QED) is 0.643. The summed E-state index contributed by atoms with van der Waals surface area (Å²) in [4.78, 5) is 26.3. The molecule has 2 N–H and O–H groups in total. The predicted molar refractivity (Wildman–Crippen MR) is 66.4 cm³/mol. The lowest BCUT2D eigenvalue weighted by atomic mass is 10.3. The standard InChI is InChI=1S/C10H12ClN5O2/c1-3-18-9(17)5(2)14-8-6-7(13-4-12-6)15-10(11)16-8/h4-5H,3H2,1-2H3,(H2,12,13,14,15,16). The van der Waals surface area contributed by atoms with E-state index in [1.807, 2.05) is 0 Å². The van der Waals surface area contributed by atoms with Crippen molar-refractivity contribution in [2.75, 3.05) is 11.9 Å². The van der Waals surface area contributed by atoms with Gasteiger partial charge in [-0.2, -0.15) is 9.97 Å². The summed E-state index contributed by atoms with van der Waals surface area (Å²) in [5, 5.41) is 2.98. The van der Waals surface area contributed by atoms with E-state index in [2.05, 4.69) is 25.3 Å². The third-order valence-corrected chi connectivity index (χ3v) is 2.42. The van der Waals surface area contributed by atoms with Gasteiger partial charge in [-0.05, 0) is 25.4 Å². The summed E-state index contributed by atoms with van der Waals surface area (Å²) in [7, 11) is 0. The summed E-state index contributed by atoms with van der Waals surface area (Å²) in [6.45, 7) is 3.75. The van der Waals surface area contributed by atoms with Gasteiger partial charge in [0.25, 0.3) is 0 Å². The minimum Gasteiger partial charge on any atom is -0.464 e. The number of fused-ring (bicyclic) bond motifs is 1. The first kappa shape index (κ1) is 12.6. The number of nitrogens with zero attached hydrogens (tertiary/aromatic N) is 3. The first-order valence-electron chi connectivity index (χ1n) is 5.41. The molecule has 2 aromatic rings. The van der Waals surface area contributed by atoms with Crippen molar-refractivity contribution < 1.29 is 9.53 Å². The van der Waals surface area contributed by atoms with Crippen molar-refractivity contribution in [3.05, 3.63) is 11.6 Å². The average molecular weight is 270 g/mol. The molecule has 0 radical (unpaired) electrons. The Hall–Kier alpha value is -1.89. The maximum Gasteiger partial charge on any atom is 0.328 e. The molecule has 8 heteroatoms. The van der Waals surface area contributed by atoms with E-state index >= 15 is 0 Å². The third-order valence-electron chi connectivity index (χ3n) is 2.25. The van der Waals surface area contributed by atoms with Crippen molar-refractivity contribution in [1.82, 2.24) is 19.9 Å².